The second-order valence-corrected chi connectivity index (χ2v) is 16.1. The van der Waals surface area contributed by atoms with Crippen LogP contribution in [-0.4, -0.2) is 84.0 Å². The van der Waals surface area contributed by atoms with Gasteiger partial charge in [-0.15, -0.1) is 0 Å². The number of nitrogens with zero attached hydrogens (tertiary/aromatic N) is 4. The molecule has 0 spiro atoms. The topological polar surface area (TPSA) is 116 Å². The number of methoxy groups -OCH3 is 1. The first-order valence-corrected chi connectivity index (χ1v) is 19.0. The summed E-state index contributed by atoms with van der Waals surface area (Å²) in [5.74, 6) is 1.40. The highest BCUT2D eigenvalue weighted by Crippen LogP contribution is 2.53. The fraction of sp³-hybridized carbons (Fsp3) is 0.500. The average Bonchev–Trinajstić information content (AvgIpc) is 3.80. The summed E-state index contributed by atoms with van der Waals surface area (Å²) in [5.41, 5.74) is 4.10. The average molecular weight is 741 g/mol. The molecule has 4 aliphatic rings. The van der Waals surface area contributed by atoms with Gasteiger partial charge in [0.15, 0.2) is 5.75 Å². The lowest BCUT2D eigenvalue weighted by Crippen LogP contribution is -2.48. The summed E-state index contributed by atoms with van der Waals surface area (Å²) in [6, 6.07) is 15.5. The Kier molecular flexibility index (Phi) is 9.76. The molecule has 54 heavy (non-hydrogen) atoms. The highest BCUT2D eigenvalue weighted by Gasteiger charge is 2.47. The number of likely N-dealkylation sites (tertiary alicyclic amines) is 1. The lowest BCUT2D eigenvalue weighted by Gasteiger charge is -2.34. The van der Waals surface area contributed by atoms with E-state index in [0.717, 1.165) is 41.3 Å². The first kappa shape index (κ1) is 36.3. The minimum absolute atomic E-state index is 0.0420. The number of halogens is 1. The van der Waals surface area contributed by atoms with Crippen LogP contribution >= 0.6 is 0 Å². The van der Waals surface area contributed by atoms with Crippen LogP contribution in [0.4, 0.5) is 15.0 Å². The van der Waals surface area contributed by atoms with Crippen LogP contribution in [0.3, 0.4) is 0 Å². The lowest BCUT2D eigenvalue weighted by atomic mass is 9.90. The molecule has 3 saturated heterocycles. The highest BCUT2D eigenvalue weighted by atomic mass is 19.1. The maximum Gasteiger partial charge on any atom is 0.407 e. The summed E-state index contributed by atoms with van der Waals surface area (Å²) in [6.45, 7) is 10.2. The molecule has 11 nitrogen and oxygen atoms in total. The molecule has 2 bridgehead atoms. The van der Waals surface area contributed by atoms with Crippen molar-refractivity contribution in [2.24, 2.45) is 5.41 Å². The van der Waals surface area contributed by atoms with Gasteiger partial charge in [0.05, 0.1) is 25.3 Å². The first-order valence-electron chi connectivity index (χ1n) is 19.0. The van der Waals surface area contributed by atoms with E-state index in [1.54, 1.807) is 14.0 Å². The fourth-order valence-electron chi connectivity index (χ4n) is 8.14. The Bertz CT molecular complexity index is 2030. The van der Waals surface area contributed by atoms with Gasteiger partial charge in [-0.25, -0.2) is 9.18 Å². The molecule has 1 aliphatic carbocycles. The molecule has 1 aromatic heterocycles. The van der Waals surface area contributed by atoms with Gasteiger partial charge in [0.2, 0.25) is 6.29 Å². The number of benzene rings is 3. The van der Waals surface area contributed by atoms with Crippen molar-refractivity contribution >= 4 is 22.8 Å². The number of carbonyl (C=O) groups is 1. The van der Waals surface area contributed by atoms with Crippen LogP contribution in [-0.2, 0) is 16.1 Å². The maximum atomic E-state index is 16.1. The van der Waals surface area contributed by atoms with Crippen LogP contribution in [0, 0.1) is 18.2 Å². The molecule has 1 N–H and O–H groups in total. The Morgan fingerprint density at radius 1 is 1.04 bits per heavy atom. The van der Waals surface area contributed by atoms with Crippen molar-refractivity contribution < 1.29 is 38.0 Å². The Morgan fingerprint density at radius 2 is 1.80 bits per heavy atom. The Labute approximate surface area is 315 Å². The molecular weight excluding hydrogens is 691 g/mol. The van der Waals surface area contributed by atoms with Crippen LogP contribution in [0.5, 0.6) is 17.5 Å². The third-order valence-electron chi connectivity index (χ3n) is 11.1. The van der Waals surface area contributed by atoms with Crippen LogP contribution in [0.15, 0.2) is 48.5 Å². The summed E-state index contributed by atoms with van der Waals surface area (Å²) in [7, 11) is 1.59. The third kappa shape index (κ3) is 7.13. The molecule has 4 fully saturated rings. The number of anilines is 1. The summed E-state index contributed by atoms with van der Waals surface area (Å²) < 4.78 is 47.2. The SMILES string of the molecule is COC(Oc1cc(F)c(C)c(-c2c(C3CC3)cc3c(N4C[C@@H]5C[C@H]4CN5C(=O)O)nc(OC4CCOCC4)nc3c2OCc2ccccc2)c1)C(C)(C)C. The van der Waals surface area contributed by atoms with Crippen molar-refractivity contribution in [3.05, 3.63) is 71.0 Å². The van der Waals surface area contributed by atoms with Gasteiger partial charge in [-0.2, -0.15) is 9.97 Å². The van der Waals surface area contributed by atoms with Gasteiger partial charge in [0, 0.05) is 55.5 Å². The smallest absolute Gasteiger partial charge is 0.407 e. The molecule has 12 heteroatoms. The molecular formula is C42H49FN4O7. The van der Waals surface area contributed by atoms with Gasteiger partial charge in [-0.1, -0.05) is 51.1 Å². The zero-order valence-corrected chi connectivity index (χ0v) is 31.6. The summed E-state index contributed by atoms with van der Waals surface area (Å²) in [4.78, 5) is 26.0. The van der Waals surface area contributed by atoms with Crippen molar-refractivity contribution in [2.75, 3.05) is 38.3 Å². The van der Waals surface area contributed by atoms with E-state index in [4.69, 9.17) is 33.7 Å². The Hall–Kier alpha value is -4.68. The molecule has 286 valence electrons. The minimum atomic E-state index is -0.899. The zero-order valence-electron chi connectivity index (χ0n) is 31.6. The minimum Gasteiger partial charge on any atom is -0.486 e. The molecule has 4 aromatic rings. The number of carboxylic acid groups (broad SMARTS) is 1. The largest absolute Gasteiger partial charge is 0.486 e. The van der Waals surface area contributed by atoms with E-state index >= 15 is 4.39 Å². The van der Waals surface area contributed by atoms with Crippen molar-refractivity contribution in [3.8, 4) is 28.6 Å². The first-order chi connectivity index (χ1) is 26.0. The summed E-state index contributed by atoms with van der Waals surface area (Å²) >= 11 is 0. The Balaban J connectivity index is 1.34. The number of amides is 1. The van der Waals surface area contributed by atoms with Gasteiger partial charge in [0.25, 0.3) is 0 Å². The van der Waals surface area contributed by atoms with E-state index in [1.807, 2.05) is 57.2 Å². The second-order valence-electron chi connectivity index (χ2n) is 16.1. The molecule has 8 rings (SSSR count). The van der Waals surface area contributed by atoms with E-state index in [1.165, 1.54) is 11.0 Å². The van der Waals surface area contributed by atoms with Gasteiger partial charge in [-0.3, -0.25) is 0 Å². The van der Waals surface area contributed by atoms with Crippen molar-refractivity contribution in [1.82, 2.24) is 14.9 Å². The van der Waals surface area contributed by atoms with Crippen molar-refractivity contribution in [3.63, 3.8) is 0 Å². The van der Waals surface area contributed by atoms with Crippen LogP contribution < -0.4 is 19.1 Å². The van der Waals surface area contributed by atoms with Gasteiger partial charge >= 0.3 is 12.1 Å². The molecule has 1 saturated carbocycles. The highest BCUT2D eigenvalue weighted by molar-refractivity contribution is 6.01. The zero-order chi connectivity index (χ0) is 37.7. The number of piperazine rings is 1. The van der Waals surface area contributed by atoms with E-state index in [9.17, 15) is 9.90 Å². The lowest BCUT2D eigenvalue weighted by molar-refractivity contribution is -0.120. The molecule has 3 aromatic carbocycles. The van der Waals surface area contributed by atoms with E-state index in [-0.39, 0.29) is 42.1 Å². The van der Waals surface area contributed by atoms with E-state index in [0.29, 0.717) is 73.1 Å². The second kappa shape index (κ2) is 14.5. The molecule has 3 atom stereocenters. The number of rotatable bonds is 11. The quantitative estimate of drug-likeness (QED) is 0.151. The summed E-state index contributed by atoms with van der Waals surface area (Å²) in [6.07, 6.45) is 2.47. The molecule has 0 radical (unpaired) electrons. The maximum absolute atomic E-state index is 16.1. The van der Waals surface area contributed by atoms with E-state index < -0.39 is 18.2 Å². The van der Waals surface area contributed by atoms with Crippen LogP contribution in [0.2, 0.25) is 0 Å². The predicted molar refractivity (Wildman–Crippen MR) is 202 cm³/mol. The van der Waals surface area contributed by atoms with Crippen molar-refractivity contribution in [1.29, 1.82) is 0 Å². The molecule has 1 amide bonds. The van der Waals surface area contributed by atoms with Crippen LogP contribution in [0.25, 0.3) is 22.0 Å². The van der Waals surface area contributed by atoms with Gasteiger partial charge in [-0.05, 0) is 66.5 Å². The predicted octanol–water partition coefficient (Wildman–Crippen LogP) is 8.10. The summed E-state index contributed by atoms with van der Waals surface area (Å²) in [5, 5.41) is 10.7. The number of fused-ring (bicyclic) bond motifs is 3. The fourth-order valence-corrected chi connectivity index (χ4v) is 8.14. The standard InChI is InChI=1S/C42H49FN4O7/c1-24-31(18-30(19-34(24)43)53-39(50-5)42(2,3)4)35-32(26-11-12-26)20-33-36(37(35)52-23-25-9-7-6-8-10-25)44-40(54-29-13-15-51-16-14-29)45-38(33)46-21-28-17-27(46)22-47(28)41(48)49/h6-10,18-20,26-29,39H,11-17,21-23H2,1-5H3,(H,48,49)/t27-,28-,39?/m0/s1. The van der Waals surface area contributed by atoms with Gasteiger partial charge in [0.1, 0.15) is 35.6 Å². The monoisotopic (exact) mass is 740 g/mol. The molecule has 1 unspecified atom stereocenters. The van der Waals surface area contributed by atoms with Crippen LogP contribution in [0.1, 0.15) is 75.5 Å². The number of ether oxygens (including phenoxy) is 5. The van der Waals surface area contributed by atoms with E-state index in [2.05, 4.69) is 11.0 Å². The number of aromatic nitrogens is 2. The molecule has 3 aliphatic heterocycles. The van der Waals surface area contributed by atoms with Crippen molar-refractivity contribution in [2.45, 2.75) is 96.8 Å². The third-order valence-corrected chi connectivity index (χ3v) is 11.1. The molecule has 4 heterocycles. The number of hydrogen-bond donors (Lipinski definition) is 1. The number of hydrogen-bond acceptors (Lipinski definition) is 9. The van der Waals surface area contributed by atoms with Gasteiger partial charge < -0.3 is 38.6 Å². The normalized spacial score (nSPS) is 20.8. The Morgan fingerprint density at radius 3 is 2.44 bits per heavy atom.